The van der Waals surface area contributed by atoms with Gasteiger partial charge in [0.05, 0.1) is 27.8 Å². The van der Waals surface area contributed by atoms with Gasteiger partial charge in [-0.15, -0.1) is 0 Å². The summed E-state index contributed by atoms with van der Waals surface area (Å²) in [5.74, 6) is -0.905. The second-order valence-electron chi connectivity index (χ2n) is 19.1. The van der Waals surface area contributed by atoms with Gasteiger partial charge in [0, 0.05) is 67.6 Å². The van der Waals surface area contributed by atoms with Crippen LogP contribution < -0.4 is 50.9 Å². The molecule has 8 N–H and O–H groups in total. The van der Waals surface area contributed by atoms with Gasteiger partial charge < -0.3 is 15.5 Å². The lowest BCUT2D eigenvalue weighted by Crippen LogP contribution is -2.41. The smallest absolute Gasteiger partial charge is 0.290 e. The maximum absolute atomic E-state index is 13.4. The molecule has 0 aliphatic carbocycles. The lowest BCUT2D eigenvalue weighted by molar-refractivity contribution is -0.684. The number of unbranched alkanes of at least 4 members (excludes halogenated alkanes) is 5. The number of nitrogens with one attached hydrogen (secondary N) is 8. The van der Waals surface area contributed by atoms with Crippen molar-refractivity contribution >= 4 is 84.7 Å². The molecular weight excluding hydrogens is 1060 g/mol. The Morgan fingerprint density at radius 2 is 0.988 bits per heavy atom. The van der Waals surface area contributed by atoms with E-state index in [9.17, 15) is 40.8 Å². The normalized spacial score (nSPS) is 11.3. The van der Waals surface area contributed by atoms with Gasteiger partial charge in [0.2, 0.25) is 25.9 Å². The highest BCUT2D eigenvalue weighted by molar-refractivity contribution is 7.93. The molecule has 424 valence electrons. The van der Waals surface area contributed by atoms with Crippen LogP contribution >= 0.6 is 0 Å². The van der Waals surface area contributed by atoms with E-state index in [1.807, 2.05) is 25.4 Å². The highest BCUT2D eigenvalue weighted by Crippen LogP contribution is 2.30. The number of amides is 5. The number of aromatic nitrogens is 2. The van der Waals surface area contributed by atoms with Gasteiger partial charge in [-0.25, -0.2) is 16.8 Å². The van der Waals surface area contributed by atoms with Crippen LogP contribution in [0, 0.1) is 27.7 Å². The second-order valence-corrected chi connectivity index (χ2v) is 22.4. The van der Waals surface area contributed by atoms with Crippen molar-refractivity contribution in [3.05, 3.63) is 155 Å². The third-order valence-corrected chi connectivity index (χ3v) is 15.9. The van der Waals surface area contributed by atoms with Gasteiger partial charge >= 0.3 is 0 Å². The first-order valence-corrected chi connectivity index (χ1v) is 28.8. The summed E-state index contributed by atoms with van der Waals surface area (Å²) in [5.41, 5.74) is 15.9. The van der Waals surface area contributed by atoms with Crippen LogP contribution in [-0.4, -0.2) is 84.5 Å². The van der Waals surface area contributed by atoms with Crippen molar-refractivity contribution in [3.8, 4) is 0 Å². The molecule has 0 saturated carbocycles. The Morgan fingerprint density at radius 3 is 1.48 bits per heavy atom. The minimum Gasteiger partial charge on any atom is -0.342 e. The van der Waals surface area contributed by atoms with E-state index < -0.39 is 26.0 Å². The molecule has 6 rings (SSSR count). The largest absolute Gasteiger partial charge is 0.342 e. The predicted molar refractivity (Wildman–Crippen MR) is 305 cm³/mol. The van der Waals surface area contributed by atoms with E-state index in [1.54, 1.807) is 145 Å². The molecule has 0 bridgehead atoms. The van der Waals surface area contributed by atoms with E-state index in [2.05, 4.69) is 41.8 Å². The molecule has 0 spiro atoms. The monoisotopic (exact) mass is 1130 g/mol. The fraction of sp³-hybridized carbons (Fsp3) is 0.304. The summed E-state index contributed by atoms with van der Waals surface area (Å²) < 4.78 is 62.2. The summed E-state index contributed by atoms with van der Waals surface area (Å²) in [6.45, 7) is 8.30. The number of carbonyl (C=O) groups excluding carboxylic acids is 5. The molecule has 6 aromatic rings. The van der Waals surface area contributed by atoms with Crippen LogP contribution in [0.5, 0.6) is 0 Å². The zero-order valence-electron chi connectivity index (χ0n) is 45.7. The molecule has 2 aromatic heterocycles. The number of aryl methyl sites for hydroxylation is 2. The number of hydrogen-bond donors (Lipinski definition) is 8. The summed E-state index contributed by atoms with van der Waals surface area (Å²) in [5, 5.41) is 7.58. The first-order valence-electron chi connectivity index (χ1n) is 25.8. The molecule has 2 heterocycles. The van der Waals surface area contributed by atoms with Crippen molar-refractivity contribution in [2.24, 2.45) is 0 Å². The zero-order chi connectivity index (χ0) is 57.8. The Morgan fingerprint density at radius 1 is 0.550 bits per heavy atom. The summed E-state index contributed by atoms with van der Waals surface area (Å²) in [6.07, 6.45) is 13.7. The molecule has 5 amide bonds. The van der Waals surface area contributed by atoms with E-state index in [4.69, 9.17) is 4.84 Å². The van der Waals surface area contributed by atoms with Crippen molar-refractivity contribution in [1.82, 2.24) is 20.8 Å². The number of hydrazine groups is 2. The fourth-order valence-electron chi connectivity index (χ4n) is 8.67. The van der Waals surface area contributed by atoms with Gasteiger partial charge in [-0.3, -0.25) is 60.0 Å². The number of rotatable bonds is 31. The number of anilines is 6. The minimum atomic E-state index is -4.04. The quantitative estimate of drug-likeness (QED) is 0.0108. The summed E-state index contributed by atoms with van der Waals surface area (Å²) >= 11 is 0. The van der Waals surface area contributed by atoms with Crippen LogP contribution in [0.1, 0.15) is 76.7 Å². The van der Waals surface area contributed by atoms with Gasteiger partial charge in [-0.2, -0.15) is 14.2 Å². The number of carbonyl (C=O) groups is 5. The predicted octanol–water partition coefficient (Wildman–Crippen LogP) is 6.00. The second kappa shape index (κ2) is 29.0. The van der Waals surface area contributed by atoms with E-state index in [0.29, 0.717) is 87.9 Å². The number of pyridine rings is 2. The van der Waals surface area contributed by atoms with E-state index in [-0.39, 0.29) is 34.7 Å². The van der Waals surface area contributed by atoms with Crippen LogP contribution in [0.3, 0.4) is 0 Å². The van der Waals surface area contributed by atoms with E-state index in [1.165, 1.54) is 12.1 Å². The molecule has 0 saturated heterocycles. The Hall–Kier alpha value is -8.45. The molecule has 0 radical (unpaired) electrons. The third-order valence-electron chi connectivity index (χ3n) is 12.9. The standard InChI is InChI=1S/C56H68N12O10S2/c1-40-17-27-50(79(74,75)63-48-23-19-46(20-24-48)61-57-38-69)42(3)54(40)59-52(71)35-67-31-13-15-44(33-67)37-78-66(6)30-12-10-8-7-9-11-29-65(5)56(73)45-16-14-32-68(34-45)36-53(72)60-55-41(2)18-28-51(43(55)4)80(76,77)64-49-25-21-47(22-26-49)62-58-39-70/h13-28,31-34,38-39,61-64H,7-12,29-30,35-37H2,1-6H3,(H2-2,57,58,59,60,69,70,71,72)/p+2. The fourth-order valence-corrected chi connectivity index (χ4v) is 11.3. The molecule has 22 nitrogen and oxygen atoms in total. The Labute approximate surface area is 467 Å². The Bertz CT molecular complexity index is 3370. The average molecular weight is 1140 g/mol. The number of hydroxylamine groups is 2. The first kappa shape index (κ1) is 60.8. The van der Waals surface area contributed by atoms with Crippen LogP contribution in [-0.2, 0) is 63.8 Å². The number of benzene rings is 4. The number of hydrogen-bond acceptors (Lipinski definition) is 13. The van der Waals surface area contributed by atoms with Crippen molar-refractivity contribution in [1.29, 1.82) is 0 Å². The molecule has 4 aromatic carbocycles. The SMILES string of the molecule is Cc1ccc(S(=O)(=O)Nc2ccc(NNC=O)cc2)c(C)c1NC(=O)C[n+]1cccc(CON(C)CCCCCCCCN(C)C(=O)c2ccc[n+](CC(=O)Nc3c(C)ccc(S(=O)(=O)Nc4ccc(NNC=O)cc4)c3C)c2)c1. The van der Waals surface area contributed by atoms with Crippen LogP contribution in [0.4, 0.5) is 34.1 Å². The average Bonchev–Trinajstić information content (AvgIpc) is 3.47. The first-order chi connectivity index (χ1) is 38.3. The molecule has 0 aliphatic rings. The molecule has 80 heavy (non-hydrogen) atoms. The van der Waals surface area contributed by atoms with E-state index in [0.717, 1.165) is 50.6 Å². The maximum Gasteiger partial charge on any atom is 0.290 e. The van der Waals surface area contributed by atoms with Gasteiger partial charge in [0.25, 0.3) is 37.8 Å². The lowest BCUT2D eigenvalue weighted by Gasteiger charge is -2.17. The third kappa shape index (κ3) is 17.8. The van der Waals surface area contributed by atoms with Gasteiger partial charge in [-0.1, -0.05) is 37.8 Å². The van der Waals surface area contributed by atoms with Crippen molar-refractivity contribution in [3.63, 3.8) is 0 Å². The zero-order valence-corrected chi connectivity index (χ0v) is 47.3. The van der Waals surface area contributed by atoms with Gasteiger partial charge in [0.15, 0.2) is 24.8 Å². The van der Waals surface area contributed by atoms with Crippen LogP contribution in [0.2, 0.25) is 0 Å². The molecule has 0 aliphatic heterocycles. The highest BCUT2D eigenvalue weighted by Gasteiger charge is 2.25. The highest BCUT2D eigenvalue weighted by atomic mass is 32.2. The Kier molecular flexibility index (Phi) is 22.0. The minimum absolute atomic E-state index is 0.00623. The summed E-state index contributed by atoms with van der Waals surface area (Å²) in [6, 6.07) is 26.0. The molecule has 0 unspecified atom stereocenters. The lowest BCUT2D eigenvalue weighted by atomic mass is 10.1. The molecular formula is C56H70N12O10S2+2. The van der Waals surface area contributed by atoms with Crippen molar-refractivity contribution in [2.75, 3.05) is 58.1 Å². The topological polar surface area (TPSA) is 273 Å². The van der Waals surface area contributed by atoms with Crippen molar-refractivity contribution < 1.29 is 54.8 Å². The Balaban J connectivity index is 0.868. The molecule has 0 fully saturated rings. The van der Waals surface area contributed by atoms with Crippen LogP contribution in [0.15, 0.2) is 132 Å². The van der Waals surface area contributed by atoms with Crippen LogP contribution in [0.25, 0.3) is 0 Å². The van der Waals surface area contributed by atoms with Crippen molar-refractivity contribution in [2.45, 2.75) is 95.7 Å². The molecule has 24 heteroatoms. The maximum atomic E-state index is 13.4. The van der Waals surface area contributed by atoms with Gasteiger partial charge in [0.1, 0.15) is 5.56 Å². The van der Waals surface area contributed by atoms with Gasteiger partial charge in [-0.05, 0) is 136 Å². The molecule has 0 atom stereocenters. The number of nitrogens with zero attached hydrogens (tertiary/aromatic N) is 4. The summed E-state index contributed by atoms with van der Waals surface area (Å²) in [7, 11) is -4.42. The summed E-state index contributed by atoms with van der Waals surface area (Å²) in [4.78, 5) is 68.9. The van der Waals surface area contributed by atoms with E-state index >= 15 is 0 Å². The number of sulfonamides is 2.